The number of hydrogen-bond donors (Lipinski definition) is 1. The number of fused-ring (bicyclic) bond motifs is 2. The monoisotopic (exact) mass is 610 g/mol. The Balaban J connectivity index is 1.47. The number of anilines is 1. The molecule has 2 aliphatic heterocycles. The number of halogens is 4. The number of ether oxygens (including phenoxy) is 1. The van der Waals surface area contributed by atoms with Crippen molar-refractivity contribution < 1.29 is 22.7 Å². The van der Waals surface area contributed by atoms with Gasteiger partial charge in [-0.05, 0) is 49.5 Å². The maximum absolute atomic E-state index is 13.3. The van der Waals surface area contributed by atoms with Crippen LogP contribution in [0, 0.1) is 17.2 Å². The minimum atomic E-state index is -4.42. The van der Waals surface area contributed by atoms with Gasteiger partial charge in [-0.2, -0.15) is 23.5 Å². The predicted octanol–water partition coefficient (Wildman–Crippen LogP) is 5.00. The molecule has 0 saturated carbocycles. The first-order chi connectivity index (χ1) is 20.6. The molecule has 1 fully saturated rings. The largest absolute Gasteiger partial charge is 0.482 e. The van der Waals surface area contributed by atoms with Crippen LogP contribution in [0.2, 0.25) is 5.02 Å². The lowest BCUT2D eigenvalue weighted by molar-refractivity contribution is -0.134. The van der Waals surface area contributed by atoms with Gasteiger partial charge >= 0.3 is 6.18 Å². The maximum atomic E-state index is 13.3. The zero-order valence-electron chi connectivity index (χ0n) is 23.0. The molecule has 5 heterocycles. The second kappa shape index (κ2) is 11.4. The van der Waals surface area contributed by atoms with E-state index < -0.39 is 19.0 Å². The Hall–Kier alpha value is -4.28. The van der Waals surface area contributed by atoms with E-state index in [1.807, 2.05) is 0 Å². The van der Waals surface area contributed by atoms with Crippen LogP contribution in [0.4, 0.5) is 18.9 Å². The first-order valence-corrected chi connectivity index (χ1v) is 14.1. The molecule has 1 amide bonds. The Morgan fingerprint density at radius 3 is 2.74 bits per heavy atom. The summed E-state index contributed by atoms with van der Waals surface area (Å²) in [5.74, 6) is 0.665. The normalized spacial score (nSPS) is 18.8. The number of rotatable bonds is 6. The highest BCUT2D eigenvalue weighted by Gasteiger charge is 2.32. The highest BCUT2D eigenvalue weighted by atomic mass is 35.5. The minimum Gasteiger partial charge on any atom is -0.482 e. The van der Waals surface area contributed by atoms with Gasteiger partial charge in [0.05, 0.1) is 40.8 Å². The number of nitriles is 1. The number of amides is 1. The molecule has 1 saturated heterocycles. The van der Waals surface area contributed by atoms with Crippen molar-refractivity contribution in [3.8, 4) is 22.9 Å². The summed E-state index contributed by atoms with van der Waals surface area (Å²) in [5, 5.41) is 19.1. The number of aromatic nitrogens is 5. The molecule has 3 aromatic heterocycles. The molecule has 222 valence electrons. The molecule has 0 bridgehead atoms. The maximum Gasteiger partial charge on any atom is 0.389 e. The summed E-state index contributed by atoms with van der Waals surface area (Å²) in [5.41, 5.74) is 1.97. The van der Waals surface area contributed by atoms with Crippen LogP contribution in [0.25, 0.3) is 22.2 Å². The Kier molecular flexibility index (Phi) is 7.66. The van der Waals surface area contributed by atoms with E-state index in [1.54, 1.807) is 29.1 Å². The number of piperidine rings is 1. The number of pyridine rings is 1. The van der Waals surface area contributed by atoms with Crippen molar-refractivity contribution in [2.75, 3.05) is 24.6 Å². The molecule has 4 aromatic rings. The number of hydrogen-bond acceptors (Lipinski definition) is 8. The van der Waals surface area contributed by atoms with Crippen LogP contribution in [-0.2, 0) is 17.8 Å². The molecule has 0 radical (unpaired) electrons. The van der Waals surface area contributed by atoms with E-state index in [0.29, 0.717) is 44.4 Å². The lowest BCUT2D eigenvalue weighted by atomic mass is 9.93. The summed E-state index contributed by atoms with van der Waals surface area (Å²) >= 11 is 5.89. The Bertz CT molecular complexity index is 1740. The van der Waals surface area contributed by atoms with Crippen molar-refractivity contribution in [3.63, 3.8) is 0 Å². The quantitative estimate of drug-likeness (QED) is 0.324. The van der Waals surface area contributed by atoms with Crippen molar-refractivity contribution in [1.82, 2.24) is 30.0 Å². The van der Waals surface area contributed by atoms with E-state index in [4.69, 9.17) is 16.3 Å². The summed E-state index contributed by atoms with van der Waals surface area (Å²) in [6.07, 6.45) is -0.704. The van der Waals surface area contributed by atoms with Crippen molar-refractivity contribution >= 4 is 34.2 Å². The average Bonchev–Trinajstić information content (AvgIpc) is 3.40. The van der Waals surface area contributed by atoms with E-state index in [0.717, 1.165) is 19.5 Å². The van der Waals surface area contributed by atoms with Gasteiger partial charge in [-0.3, -0.25) is 9.69 Å². The molecule has 43 heavy (non-hydrogen) atoms. The zero-order chi connectivity index (χ0) is 30.3. The molecule has 0 spiro atoms. The number of benzene rings is 1. The third-order valence-corrected chi connectivity index (χ3v) is 7.99. The molecule has 2 aliphatic rings. The number of carbonyl (C=O) groups excluding carboxylic acids is 1. The van der Waals surface area contributed by atoms with Gasteiger partial charge in [-0.25, -0.2) is 19.6 Å². The van der Waals surface area contributed by atoms with E-state index in [-0.39, 0.29) is 42.3 Å². The van der Waals surface area contributed by atoms with Gasteiger partial charge in [0, 0.05) is 29.8 Å². The van der Waals surface area contributed by atoms with Crippen molar-refractivity contribution in [2.45, 2.75) is 44.9 Å². The second-order valence-electron chi connectivity index (χ2n) is 10.7. The smallest absolute Gasteiger partial charge is 0.389 e. The number of carbonyl (C=O) groups is 1. The van der Waals surface area contributed by atoms with Gasteiger partial charge in [0.1, 0.15) is 17.6 Å². The number of nitrogens with one attached hydrogen (secondary N) is 1. The molecule has 10 nitrogen and oxygen atoms in total. The zero-order valence-corrected chi connectivity index (χ0v) is 23.8. The Morgan fingerprint density at radius 2 is 2.02 bits per heavy atom. The fraction of sp³-hybridized carbons (Fsp3) is 0.379. The van der Waals surface area contributed by atoms with Gasteiger partial charge in [-0.15, -0.1) is 0 Å². The summed E-state index contributed by atoms with van der Waals surface area (Å²) in [6, 6.07) is 7.18. The number of nitrogens with zero attached hydrogens (tertiary/aromatic N) is 7. The van der Waals surface area contributed by atoms with Gasteiger partial charge in [0.15, 0.2) is 12.3 Å². The summed E-state index contributed by atoms with van der Waals surface area (Å²) in [7, 11) is 0. The first kappa shape index (κ1) is 28.8. The highest BCUT2D eigenvalue weighted by Crippen LogP contribution is 2.41. The molecule has 2 atom stereocenters. The molecule has 6 rings (SSSR count). The topological polar surface area (TPSA) is 122 Å². The molecule has 0 aliphatic carbocycles. The fourth-order valence-electron chi connectivity index (χ4n) is 5.67. The van der Waals surface area contributed by atoms with Crippen LogP contribution in [-0.4, -0.2) is 56.5 Å². The second-order valence-corrected chi connectivity index (χ2v) is 11.1. The number of aryl methyl sites for hydroxylation is 1. The van der Waals surface area contributed by atoms with Crippen LogP contribution < -0.4 is 15.0 Å². The van der Waals surface area contributed by atoms with Crippen LogP contribution in [0.5, 0.6) is 5.75 Å². The molecule has 1 aromatic carbocycles. The van der Waals surface area contributed by atoms with Crippen molar-refractivity contribution in [2.24, 2.45) is 5.92 Å². The molecule has 14 heteroatoms. The van der Waals surface area contributed by atoms with Crippen LogP contribution in [0.1, 0.15) is 42.9 Å². The van der Waals surface area contributed by atoms with E-state index in [9.17, 15) is 23.2 Å². The molecular weight excluding hydrogens is 585 g/mol. The summed E-state index contributed by atoms with van der Waals surface area (Å²) in [6.45, 7) is 3.48. The highest BCUT2D eigenvalue weighted by molar-refractivity contribution is 6.30. The Morgan fingerprint density at radius 1 is 1.23 bits per heavy atom. The third-order valence-electron chi connectivity index (χ3n) is 7.79. The Labute approximate surface area is 249 Å². The van der Waals surface area contributed by atoms with E-state index in [2.05, 4.69) is 38.4 Å². The molecular formula is C29H26ClF3N8O2. The first-order valence-electron chi connectivity index (χ1n) is 13.7. The van der Waals surface area contributed by atoms with Crippen LogP contribution >= 0.6 is 11.6 Å². The van der Waals surface area contributed by atoms with Gasteiger partial charge in [-0.1, -0.05) is 24.6 Å². The standard InChI is InChI=1S/C29H26ClF3N8O2/c1-16-10-35-7-5-22(16)41-28-20(13-38-41)27(19(9-34)21(39-28)4-6-29(31,32)33)17-2-3-23-24(8-17)43-15-26(42)40(23)14-25-36-11-18(30)12-37-25/h2-3,8,11-13,16,22,35H,4-7,10,14-15H2,1H3/t16-,22-/m1/s1. The van der Waals surface area contributed by atoms with Crippen molar-refractivity contribution in [3.05, 3.63) is 58.9 Å². The lowest BCUT2D eigenvalue weighted by Gasteiger charge is -2.30. The van der Waals surface area contributed by atoms with E-state index in [1.165, 1.54) is 17.3 Å². The minimum absolute atomic E-state index is 0.0102. The van der Waals surface area contributed by atoms with Gasteiger partial charge < -0.3 is 10.1 Å². The molecule has 0 unspecified atom stereocenters. The fourth-order valence-corrected chi connectivity index (χ4v) is 5.77. The number of alkyl halides is 3. The van der Waals surface area contributed by atoms with Crippen LogP contribution in [0.3, 0.4) is 0 Å². The van der Waals surface area contributed by atoms with Crippen LogP contribution in [0.15, 0.2) is 36.8 Å². The summed E-state index contributed by atoms with van der Waals surface area (Å²) in [4.78, 5) is 27.3. The van der Waals surface area contributed by atoms with Gasteiger partial charge in [0.25, 0.3) is 5.91 Å². The lowest BCUT2D eigenvalue weighted by Crippen LogP contribution is -2.38. The third kappa shape index (κ3) is 5.72. The van der Waals surface area contributed by atoms with Gasteiger partial charge in [0.2, 0.25) is 0 Å². The average molecular weight is 611 g/mol. The summed E-state index contributed by atoms with van der Waals surface area (Å²) < 4.78 is 47.5. The predicted molar refractivity (Wildman–Crippen MR) is 151 cm³/mol. The molecule has 1 N–H and O–H groups in total. The SMILES string of the molecule is C[C@@H]1CNCC[C@H]1n1ncc2c(-c3ccc4c(c3)OCC(=O)N4Cc3ncc(Cl)cn3)c(C#N)c(CCC(F)(F)F)nc21. The van der Waals surface area contributed by atoms with Crippen molar-refractivity contribution in [1.29, 1.82) is 5.26 Å². The van der Waals surface area contributed by atoms with E-state index >= 15 is 0 Å².